The van der Waals surface area contributed by atoms with E-state index >= 15 is 0 Å². The quantitative estimate of drug-likeness (QED) is 0.209. The number of para-hydroxylation sites is 1. The predicted octanol–water partition coefficient (Wildman–Crippen LogP) is 4.66. The van der Waals surface area contributed by atoms with Crippen LogP contribution in [0.3, 0.4) is 0 Å². The first kappa shape index (κ1) is 23.6. The summed E-state index contributed by atoms with van der Waals surface area (Å²) in [6, 6.07) is 14.0. The van der Waals surface area contributed by atoms with Crippen LogP contribution in [-0.2, 0) is 14.3 Å². The zero-order chi connectivity index (χ0) is 24.2. The van der Waals surface area contributed by atoms with Crippen LogP contribution in [0.1, 0.15) is 37.4 Å². The second-order valence-electron chi connectivity index (χ2n) is 8.86. The molecular formula is C27H30N2O5. The average Bonchev–Trinajstić information content (AvgIpc) is 3.37. The van der Waals surface area contributed by atoms with Crippen molar-refractivity contribution in [2.45, 2.75) is 26.3 Å². The Bertz CT molecular complexity index is 1230. The zero-order valence-electron chi connectivity index (χ0n) is 19.7. The van der Waals surface area contributed by atoms with Crippen molar-refractivity contribution in [2.24, 2.45) is 5.92 Å². The van der Waals surface area contributed by atoms with Gasteiger partial charge in [-0.2, -0.15) is 0 Å². The Kier molecular flexibility index (Phi) is 7.03. The van der Waals surface area contributed by atoms with Crippen LogP contribution in [0.25, 0.3) is 16.7 Å². The van der Waals surface area contributed by atoms with E-state index in [4.69, 9.17) is 9.47 Å². The molecule has 1 unspecified atom stereocenters. The number of aliphatic hydroxyl groups is 1. The summed E-state index contributed by atoms with van der Waals surface area (Å²) in [5, 5.41) is 12.2. The van der Waals surface area contributed by atoms with Crippen molar-refractivity contribution in [3.8, 4) is 5.75 Å². The number of methoxy groups -OCH3 is 1. The van der Waals surface area contributed by atoms with Gasteiger partial charge in [0.2, 0.25) is 0 Å². The second-order valence-corrected chi connectivity index (χ2v) is 8.86. The molecule has 1 aliphatic rings. The summed E-state index contributed by atoms with van der Waals surface area (Å²) in [6.45, 7) is 5.42. The smallest absolute Gasteiger partial charge is 0.295 e. The van der Waals surface area contributed by atoms with Crippen LogP contribution < -0.4 is 4.74 Å². The van der Waals surface area contributed by atoms with Gasteiger partial charge in [-0.3, -0.25) is 9.59 Å². The van der Waals surface area contributed by atoms with E-state index in [0.717, 1.165) is 16.5 Å². The molecule has 1 saturated heterocycles. The highest BCUT2D eigenvalue weighted by Crippen LogP contribution is 2.42. The van der Waals surface area contributed by atoms with Crippen molar-refractivity contribution in [3.05, 3.63) is 71.4 Å². The van der Waals surface area contributed by atoms with Gasteiger partial charge in [0.05, 0.1) is 18.2 Å². The number of ether oxygens (including phenoxy) is 2. The highest BCUT2D eigenvalue weighted by Gasteiger charge is 2.46. The number of hydrogen-bond acceptors (Lipinski definition) is 5. The summed E-state index contributed by atoms with van der Waals surface area (Å²) >= 11 is 0. The summed E-state index contributed by atoms with van der Waals surface area (Å²) < 4.78 is 10.9. The lowest BCUT2D eigenvalue weighted by atomic mass is 9.95. The van der Waals surface area contributed by atoms with Crippen molar-refractivity contribution >= 4 is 28.4 Å². The molecule has 2 aromatic carbocycles. The predicted molar refractivity (Wildman–Crippen MR) is 131 cm³/mol. The molecule has 7 heteroatoms. The number of aliphatic hydroxyl groups excluding tert-OH is 1. The zero-order valence-corrected chi connectivity index (χ0v) is 19.7. The molecule has 2 N–H and O–H groups in total. The van der Waals surface area contributed by atoms with Crippen molar-refractivity contribution < 1.29 is 24.2 Å². The molecule has 1 amide bonds. The summed E-state index contributed by atoms with van der Waals surface area (Å²) in [6.07, 6.45) is 2.38. The molecule has 0 bridgehead atoms. The molecule has 2 heterocycles. The maximum Gasteiger partial charge on any atom is 0.295 e. The van der Waals surface area contributed by atoms with E-state index in [0.29, 0.717) is 43.4 Å². The summed E-state index contributed by atoms with van der Waals surface area (Å²) in [4.78, 5) is 31.1. The molecule has 0 spiro atoms. The van der Waals surface area contributed by atoms with E-state index in [9.17, 15) is 14.7 Å². The number of ketones is 1. The Morgan fingerprint density at radius 3 is 2.71 bits per heavy atom. The van der Waals surface area contributed by atoms with Gasteiger partial charge in [-0.15, -0.1) is 0 Å². The van der Waals surface area contributed by atoms with Crippen molar-refractivity contribution in [1.82, 2.24) is 9.88 Å². The maximum atomic E-state index is 13.2. The average molecular weight is 463 g/mol. The number of carbonyl (C=O) groups is 2. The normalized spacial score (nSPS) is 17.8. The van der Waals surface area contributed by atoms with Gasteiger partial charge in [-0.25, -0.2) is 0 Å². The van der Waals surface area contributed by atoms with Crippen LogP contribution in [-0.4, -0.2) is 53.5 Å². The Labute approximate surface area is 199 Å². The molecule has 3 aromatic rings. The summed E-state index contributed by atoms with van der Waals surface area (Å²) in [5.41, 5.74) is 2.17. The third-order valence-electron chi connectivity index (χ3n) is 5.89. The minimum absolute atomic E-state index is 0.0770. The number of carbonyl (C=O) groups excluding carboxylic acids is 2. The van der Waals surface area contributed by atoms with Crippen LogP contribution in [0.4, 0.5) is 0 Å². The van der Waals surface area contributed by atoms with Crippen molar-refractivity contribution in [1.29, 1.82) is 0 Å². The van der Waals surface area contributed by atoms with E-state index in [1.54, 1.807) is 37.6 Å². The van der Waals surface area contributed by atoms with Crippen LogP contribution in [0.5, 0.6) is 5.75 Å². The molecule has 4 rings (SSSR count). The number of likely N-dealkylation sites (tertiary alicyclic amines) is 1. The molecule has 1 fully saturated rings. The minimum atomic E-state index is -0.715. The molecule has 178 valence electrons. The number of hydrogen-bond donors (Lipinski definition) is 2. The molecule has 1 aliphatic heterocycles. The molecule has 0 aliphatic carbocycles. The van der Waals surface area contributed by atoms with E-state index < -0.39 is 17.7 Å². The minimum Gasteiger partial charge on any atom is -0.507 e. The molecule has 34 heavy (non-hydrogen) atoms. The third kappa shape index (κ3) is 4.56. The number of fused-ring (bicyclic) bond motifs is 1. The SMILES string of the molecule is COCCCN1C(=O)C(=O)/C(=C(/O)c2cccc(OCC(C)C)c2)C1c1c[nH]c2ccccc12. The first-order valence-corrected chi connectivity index (χ1v) is 11.5. The summed E-state index contributed by atoms with van der Waals surface area (Å²) in [7, 11) is 1.60. The highest BCUT2D eigenvalue weighted by atomic mass is 16.5. The first-order valence-electron chi connectivity index (χ1n) is 11.5. The van der Waals surface area contributed by atoms with Crippen LogP contribution in [0, 0.1) is 5.92 Å². The largest absolute Gasteiger partial charge is 0.507 e. The Morgan fingerprint density at radius 1 is 1.15 bits per heavy atom. The monoisotopic (exact) mass is 462 g/mol. The maximum absolute atomic E-state index is 13.2. The number of nitrogens with one attached hydrogen (secondary N) is 1. The number of nitrogens with zero attached hydrogens (tertiary/aromatic N) is 1. The number of H-pyrrole nitrogens is 1. The van der Waals surface area contributed by atoms with Crippen LogP contribution in [0.15, 0.2) is 60.3 Å². The topological polar surface area (TPSA) is 91.9 Å². The number of aromatic amines is 1. The fraction of sp³-hybridized carbons (Fsp3) is 0.333. The number of Topliss-reactive ketones (excluding diaryl/α,β-unsaturated/α-hetero) is 1. The van der Waals surface area contributed by atoms with Gasteiger partial charge in [0.15, 0.2) is 0 Å². The van der Waals surface area contributed by atoms with Gasteiger partial charge < -0.3 is 24.5 Å². The number of benzene rings is 2. The molecule has 7 nitrogen and oxygen atoms in total. The highest BCUT2D eigenvalue weighted by molar-refractivity contribution is 6.46. The number of amides is 1. The van der Waals surface area contributed by atoms with E-state index in [1.165, 1.54) is 4.90 Å². The molecule has 0 radical (unpaired) electrons. The third-order valence-corrected chi connectivity index (χ3v) is 5.89. The Hall–Kier alpha value is -3.58. The fourth-order valence-corrected chi connectivity index (χ4v) is 4.28. The number of aromatic nitrogens is 1. The first-order chi connectivity index (χ1) is 16.4. The molecular weight excluding hydrogens is 432 g/mol. The lowest BCUT2D eigenvalue weighted by Gasteiger charge is -2.24. The van der Waals surface area contributed by atoms with E-state index in [2.05, 4.69) is 18.8 Å². The van der Waals surface area contributed by atoms with Gasteiger partial charge in [0, 0.05) is 48.5 Å². The van der Waals surface area contributed by atoms with Crippen molar-refractivity contribution in [3.63, 3.8) is 0 Å². The van der Waals surface area contributed by atoms with Crippen LogP contribution in [0.2, 0.25) is 0 Å². The van der Waals surface area contributed by atoms with Gasteiger partial charge >= 0.3 is 0 Å². The fourth-order valence-electron chi connectivity index (χ4n) is 4.28. The Morgan fingerprint density at radius 2 is 1.94 bits per heavy atom. The number of rotatable bonds is 9. The van der Waals surface area contributed by atoms with Crippen LogP contribution >= 0.6 is 0 Å². The standard InChI is InChI=1S/C27H30N2O5/c1-17(2)16-34-19-9-6-8-18(14-19)25(30)23-24(21-15-28-22-11-5-4-10-20(21)22)29(12-7-13-33-3)27(32)26(23)31/h4-6,8-11,14-15,17,24,28,30H,7,12-13,16H2,1-3H3/b25-23+. The molecule has 1 atom stereocenters. The summed E-state index contributed by atoms with van der Waals surface area (Å²) in [5.74, 6) is -0.594. The van der Waals surface area contributed by atoms with E-state index in [1.807, 2.05) is 24.3 Å². The Balaban J connectivity index is 1.81. The van der Waals surface area contributed by atoms with Gasteiger partial charge in [0.25, 0.3) is 11.7 Å². The molecule has 1 aromatic heterocycles. The molecule has 0 saturated carbocycles. The van der Waals surface area contributed by atoms with Gasteiger partial charge in [-0.05, 0) is 30.5 Å². The second kappa shape index (κ2) is 10.1. The lowest BCUT2D eigenvalue weighted by molar-refractivity contribution is -0.140. The van der Waals surface area contributed by atoms with Gasteiger partial charge in [0.1, 0.15) is 11.5 Å². The lowest BCUT2D eigenvalue weighted by Crippen LogP contribution is -2.31. The van der Waals surface area contributed by atoms with Gasteiger partial charge in [-0.1, -0.05) is 44.2 Å². The van der Waals surface area contributed by atoms with Crippen molar-refractivity contribution in [2.75, 3.05) is 26.9 Å². The van der Waals surface area contributed by atoms with E-state index in [-0.39, 0.29) is 11.3 Å².